The van der Waals surface area contributed by atoms with Crippen molar-refractivity contribution in [2.24, 2.45) is 10.7 Å². The van der Waals surface area contributed by atoms with Crippen LogP contribution >= 0.6 is 24.0 Å². The Hall–Kier alpha value is -1.35. The predicted octanol–water partition coefficient (Wildman–Crippen LogP) is 2.87. The van der Waals surface area contributed by atoms with E-state index in [2.05, 4.69) is 66.6 Å². The summed E-state index contributed by atoms with van der Waals surface area (Å²) in [5.74, 6) is 0.635. The first kappa shape index (κ1) is 25.7. The van der Waals surface area contributed by atoms with E-state index in [1.165, 1.54) is 5.56 Å². The maximum Gasteiger partial charge on any atom is 0.231 e. The number of halogens is 1. The summed E-state index contributed by atoms with van der Waals surface area (Å²) in [4.78, 5) is 18.2. The van der Waals surface area contributed by atoms with Crippen molar-refractivity contribution in [2.45, 2.75) is 57.9 Å². The van der Waals surface area contributed by atoms with Gasteiger partial charge in [-0.15, -0.1) is 24.0 Å². The number of aliphatic imine (C=N–C) groups is 1. The number of amides is 1. The van der Waals surface area contributed by atoms with Gasteiger partial charge in [-0.1, -0.05) is 44.2 Å². The molecule has 29 heavy (non-hydrogen) atoms. The molecule has 2 rings (SSSR count). The third-order valence-electron chi connectivity index (χ3n) is 5.93. The third kappa shape index (κ3) is 7.77. The molecule has 7 heteroatoms. The molecule has 4 N–H and O–H groups in total. The van der Waals surface area contributed by atoms with Gasteiger partial charge in [-0.3, -0.25) is 14.7 Å². The molecule has 0 saturated carbocycles. The largest absolute Gasteiger partial charge is 0.369 e. The molecule has 164 valence electrons. The van der Waals surface area contributed by atoms with Crippen molar-refractivity contribution in [2.75, 3.05) is 32.7 Å². The fourth-order valence-corrected chi connectivity index (χ4v) is 3.96. The summed E-state index contributed by atoms with van der Waals surface area (Å²) >= 11 is 0. The molecule has 1 aliphatic rings. The van der Waals surface area contributed by atoms with Gasteiger partial charge in [0.1, 0.15) is 0 Å². The van der Waals surface area contributed by atoms with E-state index in [1.807, 2.05) is 0 Å². The highest BCUT2D eigenvalue weighted by Crippen LogP contribution is 2.32. The number of hydrogen-bond acceptors (Lipinski definition) is 3. The van der Waals surface area contributed by atoms with Crippen molar-refractivity contribution < 1.29 is 4.79 Å². The summed E-state index contributed by atoms with van der Waals surface area (Å²) in [6, 6.07) is 11.1. The van der Waals surface area contributed by atoms with Gasteiger partial charge in [0.15, 0.2) is 5.96 Å². The van der Waals surface area contributed by atoms with Gasteiger partial charge >= 0.3 is 0 Å². The monoisotopic (exact) mass is 515 g/mol. The summed E-state index contributed by atoms with van der Waals surface area (Å²) in [6.07, 6.45) is 4.09. The number of hydrogen-bond donors (Lipinski definition) is 3. The van der Waals surface area contributed by atoms with Gasteiger partial charge in [-0.25, -0.2) is 0 Å². The lowest BCUT2D eigenvalue weighted by Crippen LogP contribution is -2.50. The van der Waals surface area contributed by atoms with Crippen LogP contribution < -0.4 is 16.4 Å². The smallest absolute Gasteiger partial charge is 0.231 e. The normalized spacial score (nSPS) is 16.2. The molecule has 0 radical (unpaired) electrons. The van der Waals surface area contributed by atoms with Crippen LogP contribution in [0.25, 0.3) is 0 Å². The average molecular weight is 515 g/mol. The molecule has 6 nitrogen and oxygen atoms in total. The second-order valence-electron chi connectivity index (χ2n) is 7.71. The first-order chi connectivity index (χ1) is 13.5. The summed E-state index contributed by atoms with van der Waals surface area (Å²) in [7, 11) is 0. The molecular formula is C22H38IN5O. The van der Waals surface area contributed by atoms with E-state index in [4.69, 9.17) is 10.7 Å². The molecule has 1 aliphatic heterocycles. The van der Waals surface area contributed by atoms with Crippen molar-refractivity contribution in [1.29, 1.82) is 0 Å². The molecule has 0 atom stereocenters. The Morgan fingerprint density at radius 1 is 1.17 bits per heavy atom. The summed E-state index contributed by atoms with van der Waals surface area (Å²) < 4.78 is 0. The molecule has 0 bridgehead atoms. The van der Waals surface area contributed by atoms with Gasteiger partial charge in [0.2, 0.25) is 5.91 Å². The molecular weight excluding hydrogens is 477 g/mol. The van der Waals surface area contributed by atoms with E-state index in [9.17, 15) is 4.79 Å². The second-order valence-corrected chi connectivity index (χ2v) is 7.71. The number of nitrogens with zero attached hydrogens (tertiary/aromatic N) is 2. The van der Waals surface area contributed by atoms with Crippen LogP contribution in [0, 0.1) is 0 Å². The number of carbonyl (C=O) groups is 1. The lowest BCUT2D eigenvalue weighted by Gasteiger charge is -2.33. The van der Waals surface area contributed by atoms with Crippen LogP contribution in [-0.4, -0.2) is 55.5 Å². The van der Waals surface area contributed by atoms with Crippen LogP contribution in [0.5, 0.6) is 0 Å². The minimum Gasteiger partial charge on any atom is -0.369 e. The summed E-state index contributed by atoms with van der Waals surface area (Å²) in [5.41, 5.74) is 6.73. The lowest BCUT2D eigenvalue weighted by molar-refractivity contribution is -0.119. The van der Waals surface area contributed by atoms with E-state index in [0.29, 0.717) is 12.6 Å². The van der Waals surface area contributed by atoms with Gasteiger partial charge in [0.25, 0.3) is 0 Å². The van der Waals surface area contributed by atoms with Crippen LogP contribution in [0.3, 0.4) is 0 Å². The van der Waals surface area contributed by atoms with Crippen molar-refractivity contribution in [1.82, 2.24) is 15.5 Å². The predicted molar refractivity (Wildman–Crippen MR) is 132 cm³/mol. The van der Waals surface area contributed by atoms with E-state index >= 15 is 0 Å². The number of nitrogens with one attached hydrogen (secondary N) is 2. The van der Waals surface area contributed by atoms with Gasteiger partial charge in [0.05, 0.1) is 13.1 Å². The topological polar surface area (TPSA) is 82.8 Å². The minimum atomic E-state index is -0.252. The third-order valence-corrected chi connectivity index (χ3v) is 5.93. The van der Waals surface area contributed by atoms with Crippen LogP contribution in [0.15, 0.2) is 35.3 Å². The second kappa shape index (κ2) is 13.1. The van der Waals surface area contributed by atoms with Crippen molar-refractivity contribution in [3.63, 3.8) is 0 Å². The number of primary amides is 1. The number of carbonyl (C=O) groups excluding carboxylic acids is 1. The van der Waals surface area contributed by atoms with E-state index in [-0.39, 0.29) is 35.3 Å². The van der Waals surface area contributed by atoms with Crippen LogP contribution in [0.4, 0.5) is 0 Å². The van der Waals surface area contributed by atoms with E-state index in [0.717, 1.165) is 57.8 Å². The first-order valence-corrected chi connectivity index (χ1v) is 10.6. The number of guanidine groups is 1. The highest BCUT2D eigenvalue weighted by atomic mass is 127. The highest BCUT2D eigenvalue weighted by Gasteiger charge is 2.28. The number of benzene rings is 1. The van der Waals surface area contributed by atoms with Gasteiger partial charge in [-0.2, -0.15) is 0 Å². The quantitative estimate of drug-likeness (QED) is 0.269. The zero-order valence-electron chi connectivity index (χ0n) is 18.1. The zero-order chi connectivity index (χ0) is 20.4. The number of nitrogens with two attached hydrogens (primary N) is 1. The Labute approximate surface area is 193 Å². The van der Waals surface area contributed by atoms with E-state index < -0.39 is 0 Å². The minimum absolute atomic E-state index is 0. The van der Waals surface area contributed by atoms with Gasteiger partial charge < -0.3 is 16.4 Å². The SMILES string of the molecule is CCNC(=NCC(CC)(CC)c1ccccc1)NC1CCN(CC(N)=O)CC1.I. The molecule has 1 heterocycles. The summed E-state index contributed by atoms with van der Waals surface area (Å²) in [5, 5.41) is 7.00. The maximum atomic E-state index is 11.1. The van der Waals surface area contributed by atoms with Crippen molar-refractivity contribution in [3.05, 3.63) is 35.9 Å². The standard InChI is InChI=1S/C22H37N5O.HI/c1-4-22(5-2,18-10-8-7-9-11-18)17-25-21(24-6-3)26-19-12-14-27(15-13-19)16-20(23)28;/h7-11,19H,4-6,12-17H2,1-3H3,(H2,23,28)(H2,24,25,26);1H. The summed E-state index contributed by atoms with van der Waals surface area (Å²) in [6.45, 7) is 10.3. The highest BCUT2D eigenvalue weighted by molar-refractivity contribution is 14.0. The molecule has 1 amide bonds. The molecule has 1 saturated heterocycles. The molecule has 0 unspecified atom stereocenters. The number of piperidine rings is 1. The van der Waals surface area contributed by atoms with Crippen molar-refractivity contribution >= 4 is 35.8 Å². The van der Waals surface area contributed by atoms with Crippen LogP contribution in [0.2, 0.25) is 0 Å². The molecule has 1 aromatic rings. The molecule has 1 fully saturated rings. The van der Waals surface area contributed by atoms with Gasteiger partial charge in [0, 0.05) is 31.1 Å². The molecule has 0 aliphatic carbocycles. The Balaban J connectivity index is 0.00000420. The van der Waals surface area contributed by atoms with Crippen LogP contribution in [-0.2, 0) is 10.2 Å². The molecule has 1 aromatic carbocycles. The average Bonchev–Trinajstić information content (AvgIpc) is 2.71. The maximum absolute atomic E-state index is 11.1. The van der Waals surface area contributed by atoms with Crippen molar-refractivity contribution in [3.8, 4) is 0 Å². The number of likely N-dealkylation sites (tertiary alicyclic amines) is 1. The first-order valence-electron chi connectivity index (χ1n) is 10.6. The van der Waals surface area contributed by atoms with Gasteiger partial charge in [-0.05, 0) is 38.2 Å². The lowest BCUT2D eigenvalue weighted by atomic mass is 9.76. The Morgan fingerprint density at radius 2 is 1.79 bits per heavy atom. The van der Waals surface area contributed by atoms with Crippen LogP contribution in [0.1, 0.15) is 52.0 Å². The Bertz CT molecular complexity index is 625. The molecule has 0 spiro atoms. The fraction of sp³-hybridized carbons (Fsp3) is 0.636. The number of rotatable bonds is 9. The Morgan fingerprint density at radius 3 is 2.31 bits per heavy atom. The zero-order valence-corrected chi connectivity index (χ0v) is 20.4. The fourth-order valence-electron chi connectivity index (χ4n) is 3.96. The van der Waals surface area contributed by atoms with E-state index in [1.54, 1.807) is 0 Å². The molecule has 0 aromatic heterocycles. The Kier molecular flexibility index (Phi) is 11.6.